The molecule has 0 unspecified atom stereocenters. The number of benzene rings is 3. The molecule has 166 valence electrons. The van der Waals surface area contributed by atoms with Gasteiger partial charge in [-0.15, -0.1) is 0 Å². The molecule has 0 spiro atoms. The number of carbonyl (C=O) groups excluding carboxylic acids is 1. The standard InChI is InChI=1S/C30H30N2O/c1-20(2)24-18-16-21(3)28-29(26-15-9-13-23-12-7-8-14-25(23)26)31-32(30(24)28)27(33)19-17-22-10-5-4-6-11-22/h4-15,17,19-21,24H,16,18H2,1-3H3/b19-17+/t21-,24+/m1/s1. The van der Waals surface area contributed by atoms with Crippen LogP contribution in [0.15, 0.2) is 78.9 Å². The van der Waals surface area contributed by atoms with Gasteiger partial charge >= 0.3 is 0 Å². The summed E-state index contributed by atoms with van der Waals surface area (Å²) in [4.78, 5) is 13.5. The van der Waals surface area contributed by atoms with Gasteiger partial charge in [0.25, 0.3) is 5.91 Å². The van der Waals surface area contributed by atoms with Gasteiger partial charge in [-0.05, 0) is 47.1 Å². The SMILES string of the molecule is CC(C)[C@@H]1CC[C@@H](C)c2c(-c3cccc4ccccc34)nn(C(=O)/C=C/c3ccccc3)c21. The van der Waals surface area contributed by atoms with Crippen LogP contribution in [0.2, 0.25) is 0 Å². The van der Waals surface area contributed by atoms with Crippen LogP contribution in [0.3, 0.4) is 0 Å². The first-order valence-electron chi connectivity index (χ1n) is 11.9. The minimum absolute atomic E-state index is 0.0821. The lowest BCUT2D eigenvalue weighted by Crippen LogP contribution is -2.23. The van der Waals surface area contributed by atoms with E-state index in [4.69, 9.17) is 5.10 Å². The Balaban J connectivity index is 1.70. The van der Waals surface area contributed by atoms with E-state index < -0.39 is 0 Å². The molecule has 1 aliphatic rings. The van der Waals surface area contributed by atoms with Gasteiger partial charge in [-0.3, -0.25) is 4.79 Å². The largest absolute Gasteiger partial charge is 0.271 e. The van der Waals surface area contributed by atoms with E-state index in [1.807, 2.05) is 36.4 Å². The van der Waals surface area contributed by atoms with Crippen molar-refractivity contribution in [1.29, 1.82) is 0 Å². The predicted octanol–water partition coefficient (Wildman–Crippen LogP) is 7.69. The average molecular weight is 435 g/mol. The average Bonchev–Trinajstić information content (AvgIpc) is 3.24. The molecule has 0 N–H and O–H groups in total. The molecule has 1 aliphatic carbocycles. The topological polar surface area (TPSA) is 34.9 Å². The fourth-order valence-electron chi connectivity index (χ4n) is 5.25. The molecular weight excluding hydrogens is 404 g/mol. The normalized spacial score (nSPS) is 18.2. The Kier molecular flexibility index (Phi) is 5.72. The Morgan fingerprint density at radius 3 is 2.48 bits per heavy atom. The maximum absolute atomic E-state index is 13.5. The van der Waals surface area contributed by atoms with Gasteiger partial charge in [-0.2, -0.15) is 5.10 Å². The zero-order valence-electron chi connectivity index (χ0n) is 19.5. The number of rotatable bonds is 4. The molecule has 0 saturated carbocycles. The zero-order chi connectivity index (χ0) is 22.9. The van der Waals surface area contributed by atoms with Crippen LogP contribution in [0.25, 0.3) is 28.1 Å². The number of hydrogen-bond donors (Lipinski definition) is 0. The molecule has 0 saturated heterocycles. The van der Waals surface area contributed by atoms with E-state index in [-0.39, 0.29) is 5.91 Å². The van der Waals surface area contributed by atoms with Crippen molar-refractivity contribution in [3.8, 4) is 11.3 Å². The second kappa shape index (κ2) is 8.82. The third kappa shape index (κ3) is 3.93. The molecule has 0 fully saturated rings. The summed E-state index contributed by atoms with van der Waals surface area (Å²) in [6.45, 7) is 6.79. The second-order valence-electron chi connectivity index (χ2n) is 9.50. The molecule has 0 bridgehead atoms. The van der Waals surface area contributed by atoms with Crippen molar-refractivity contribution in [3.63, 3.8) is 0 Å². The lowest BCUT2D eigenvalue weighted by Gasteiger charge is -2.30. The molecule has 3 nitrogen and oxygen atoms in total. The predicted molar refractivity (Wildman–Crippen MR) is 136 cm³/mol. The third-order valence-electron chi connectivity index (χ3n) is 6.99. The lowest BCUT2D eigenvalue weighted by atomic mass is 9.75. The van der Waals surface area contributed by atoms with Gasteiger partial charge in [0.05, 0.1) is 11.4 Å². The summed E-state index contributed by atoms with van der Waals surface area (Å²) in [6, 6.07) is 24.7. The Morgan fingerprint density at radius 1 is 0.970 bits per heavy atom. The molecule has 0 amide bonds. The summed E-state index contributed by atoms with van der Waals surface area (Å²) in [5, 5.41) is 7.39. The van der Waals surface area contributed by atoms with E-state index in [1.54, 1.807) is 10.8 Å². The molecule has 3 heteroatoms. The number of allylic oxidation sites excluding steroid dienone is 1. The lowest BCUT2D eigenvalue weighted by molar-refractivity contribution is 0.0947. The van der Waals surface area contributed by atoms with E-state index in [2.05, 4.69) is 63.2 Å². The Labute approximate surface area is 195 Å². The number of nitrogens with zero attached hydrogens (tertiary/aromatic N) is 2. The maximum Gasteiger partial charge on any atom is 0.271 e. The van der Waals surface area contributed by atoms with Crippen molar-refractivity contribution in [1.82, 2.24) is 9.78 Å². The molecule has 5 rings (SSSR count). The third-order valence-corrected chi connectivity index (χ3v) is 6.99. The number of carbonyl (C=O) groups is 1. The Morgan fingerprint density at radius 2 is 1.70 bits per heavy atom. The number of hydrogen-bond acceptors (Lipinski definition) is 2. The van der Waals surface area contributed by atoms with E-state index in [0.29, 0.717) is 17.8 Å². The van der Waals surface area contributed by atoms with Gasteiger partial charge < -0.3 is 0 Å². The summed E-state index contributed by atoms with van der Waals surface area (Å²) in [7, 11) is 0. The van der Waals surface area contributed by atoms with Crippen LogP contribution in [0, 0.1) is 5.92 Å². The van der Waals surface area contributed by atoms with Gasteiger partial charge in [0.1, 0.15) is 0 Å². The summed E-state index contributed by atoms with van der Waals surface area (Å²) in [6.07, 6.45) is 5.74. The smallest absolute Gasteiger partial charge is 0.267 e. The highest BCUT2D eigenvalue weighted by molar-refractivity contribution is 5.98. The second-order valence-corrected chi connectivity index (χ2v) is 9.50. The van der Waals surface area contributed by atoms with E-state index in [0.717, 1.165) is 35.4 Å². The van der Waals surface area contributed by atoms with E-state index in [1.165, 1.54) is 16.3 Å². The van der Waals surface area contributed by atoms with Gasteiger partial charge in [0, 0.05) is 23.1 Å². The van der Waals surface area contributed by atoms with Crippen molar-refractivity contribution >= 4 is 22.8 Å². The van der Waals surface area contributed by atoms with Crippen LogP contribution < -0.4 is 0 Å². The summed E-state index contributed by atoms with van der Waals surface area (Å²) in [5.41, 5.74) is 5.43. The van der Waals surface area contributed by atoms with Crippen LogP contribution in [-0.4, -0.2) is 15.7 Å². The first-order chi connectivity index (χ1) is 16.0. The quantitative estimate of drug-likeness (QED) is 0.309. The highest BCUT2D eigenvalue weighted by atomic mass is 16.2. The van der Waals surface area contributed by atoms with Crippen LogP contribution in [-0.2, 0) is 0 Å². The zero-order valence-corrected chi connectivity index (χ0v) is 19.5. The van der Waals surface area contributed by atoms with Crippen LogP contribution in [0.1, 0.15) is 67.1 Å². The fourth-order valence-corrected chi connectivity index (χ4v) is 5.25. The molecule has 33 heavy (non-hydrogen) atoms. The van der Waals surface area contributed by atoms with Crippen molar-refractivity contribution in [2.45, 2.75) is 45.4 Å². The van der Waals surface area contributed by atoms with Crippen molar-refractivity contribution in [2.24, 2.45) is 5.92 Å². The van der Waals surface area contributed by atoms with Crippen LogP contribution in [0.5, 0.6) is 0 Å². The molecule has 2 atom stereocenters. The summed E-state index contributed by atoms with van der Waals surface area (Å²) >= 11 is 0. The van der Waals surface area contributed by atoms with Gasteiger partial charge in [-0.1, -0.05) is 93.6 Å². The van der Waals surface area contributed by atoms with E-state index in [9.17, 15) is 4.79 Å². The van der Waals surface area contributed by atoms with E-state index >= 15 is 0 Å². The molecule has 1 heterocycles. The molecule has 3 aromatic carbocycles. The molecule has 0 radical (unpaired) electrons. The van der Waals surface area contributed by atoms with Gasteiger partial charge in [0.2, 0.25) is 0 Å². The van der Waals surface area contributed by atoms with Gasteiger partial charge in [0.15, 0.2) is 0 Å². The Bertz CT molecular complexity index is 1320. The van der Waals surface area contributed by atoms with Crippen molar-refractivity contribution < 1.29 is 4.79 Å². The first kappa shape index (κ1) is 21.4. The molecule has 0 aliphatic heterocycles. The van der Waals surface area contributed by atoms with Crippen molar-refractivity contribution in [3.05, 3.63) is 95.7 Å². The maximum atomic E-state index is 13.5. The molecule has 1 aromatic heterocycles. The monoisotopic (exact) mass is 434 g/mol. The van der Waals surface area contributed by atoms with Gasteiger partial charge in [-0.25, -0.2) is 4.68 Å². The number of aromatic nitrogens is 2. The fraction of sp³-hybridized carbons (Fsp3) is 0.267. The first-order valence-corrected chi connectivity index (χ1v) is 11.9. The molecule has 4 aromatic rings. The summed E-state index contributed by atoms with van der Waals surface area (Å²) < 4.78 is 1.70. The number of fused-ring (bicyclic) bond motifs is 2. The minimum Gasteiger partial charge on any atom is -0.267 e. The van der Waals surface area contributed by atoms with Crippen LogP contribution >= 0.6 is 0 Å². The highest BCUT2D eigenvalue weighted by Crippen LogP contribution is 2.47. The highest BCUT2D eigenvalue weighted by Gasteiger charge is 2.35. The minimum atomic E-state index is -0.0821. The van der Waals surface area contributed by atoms with Crippen molar-refractivity contribution in [2.75, 3.05) is 0 Å². The summed E-state index contributed by atoms with van der Waals surface area (Å²) in [5.74, 6) is 1.05. The molecular formula is C30H30N2O. The Hall–Kier alpha value is -3.46. The van der Waals surface area contributed by atoms with Crippen LogP contribution in [0.4, 0.5) is 0 Å².